The zero-order valence-electron chi connectivity index (χ0n) is 22.0. The van der Waals surface area contributed by atoms with Crippen LogP contribution in [0.3, 0.4) is 0 Å². The zero-order chi connectivity index (χ0) is 27.2. The topological polar surface area (TPSA) is 126 Å². The van der Waals surface area contributed by atoms with Crippen LogP contribution in [0, 0.1) is 5.92 Å². The number of fused-ring (bicyclic) bond motifs is 11. The van der Waals surface area contributed by atoms with E-state index < -0.39 is 47.8 Å². The van der Waals surface area contributed by atoms with Gasteiger partial charge in [-0.1, -0.05) is 56.3 Å². The average molecular weight is 512 g/mol. The third-order valence-corrected chi connectivity index (χ3v) is 5.86. The highest BCUT2D eigenvalue weighted by atomic mass is 16.6. The number of hydrogen-bond donors (Lipinski definition) is 4. The molecule has 2 aliphatic rings. The van der Waals surface area contributed by atoms with Crippen molar-refractivity contribution >= 4 is 17.9 Å². The van der Waals surface area contributed by atoms with Crippen molar-refractivity contribution in [2.75, 3.05) is 6.54 Å². The van der Waals surface area contributed by atoms with Gasteiger partial charge in [-0.15, -0.1) is 0 Å². The number of benzene rings is 2. The Bertz CT molecular complexity index is 1070. The van der Waals surface area contributed by atoms with Gasteiger partial charge in [-0.25, -0.2) is 4.79 Å². The lowest BCUT2D eigenvalue weighted by molar-refractivity contribution is -0.132. The van der Waals surface area contributed by atoms with Crippen LogP contribution in [0.25, 0.3) is 0 Å². The first kappa shape index (κ1) is 28.0. The van der Waals surface area contributed by atoms with Crippen molar-refractivity contribution < 1.29 is 29.0 Å². The molecule has 9 nitrogen and oxygen atoms in total. The molecule has 2 heterocycles. The van der Waals surface area contributed by atoms with E-state index in [-0.39, 0.29) is 18.9 Å². The summed E-state index contributed by atoms with van der Waals surface area (Å²) in [6, 6.07) is 13.9. The molecule has 0 unspecified atom stereocenters. The van der Waals surface area contributed by atoms with E-state index in [9.17, 15) is 19.5 Å². The maximum atomic E-state index is 13.7. The third kappa shape index (κ3) is 8.21. The largest absolute Gasteiger partial charge is 0.487 e. The van der Waals surface area contributed by atoms with E-state index in [1.54, 1.807) is 45.0 Å². The second-order valence-electron chi connectivity index (χ2n) is 10.5. The molecule has 0 saturated carbocycles. The molecule has 2 aromatic rings. The van der Waals surface area contributed by atoms with Crippen molar-refractivity contribution in [2.24, 2.45) is 5.92 Å². The van der Waals surface area contributed by atoms with Gasteiger partial charge in [-0.05, 0) is 49.9 Å². The molecule has 0 aromatic heterocycles. The van der Waals surface area contributed by atoms with Crippen molar-refractivity contribution in [1.82, 2.24) is 16.0 Å². The molecule has 4 N–H and O–H groups in total. The molecule has 2 aliphatic heterocycles. The monoisotopic (exact) mass is 511 g/mol. The number of carbonyl (C=O) groups is 3. The van der Waals surface area contributed by atoms with Gasteiger partial charge in [-0.2, -0.15) is 0 Å². The summed E-state index contributed by atoms with van der Waals surface area (Å²) in [5, 5.41) is 18.8. The Hall–Kier alpha value is -3.59. The number of alkyl carbamates (subject to hydrolysis) is 1. The third-order valence-electron chi connectivity index (χ3n) is 5.86. The van der Waals surface area contributed by atoms with Crippen molar-refractivity contribution in [3.63, 3.8) is 0 Å². The van der Waals surface area contributed by atoms with Gasteiger partial charge in [0.15, 0.2) is 0 Å². The predicted molar refractivity (Wildman–Crippen MR) is 139 cm³/mol. The lowest BCUT2D eigenvalue weighted by Gasteiger charge is -2.32. The lowest BCUT2D eigenvalue weighted by Crippen LogP contribution is -2.60. The molecule has 2 bridgehead atoms. The fraction of sp³-hybridized carbons (Fsp3) is 0.464. The Kier molecular flexibility index (Phi) is 9.15. The number of nitrogens with one attached hydrogen (secondary N) is 3. The minimum atomic E-state index is -1.16. The van der Waals surface area contributed by atoms with Crippen LogP contribution in [0.15, 0.2) is 54.6 Å². The van der Waals surface area contributed by atoms with Crippen LogP contribution in [0.1, 0.15) is 51.8 Å². The minimum Gasteiger partial charge on any atom is -0.487 e. The lowest BCUT2D eigenvalue weighted by atomic mass is 9.97. The number of hydrogen-bond acceptors (Lipinski definition) is 6. The predicted octanol–water partition coefficient (Wildman–Crippen LogP) is 2.87. The van der Waals surface area contributed by atoms with Gasteiger partial charge in [-0.3, -0.25) is 9.59 Å². The van der Waals surface area contributed by atoms with Gasteiger partial charge in [0.05, 0.1) is 6.10 Å². The Balaban J connectivity index is 1.99. The first-order valence-corrected chi connectivity index (χ1v) is 12.5. The maximum absolute atomic E-state index is 13.7. The van der Waals surface area contributed by atoms with E-state index in [0.717, 1.165) is 5.56 Å². The van der Waals surface area contributed by atoms with Gasteiger partial charge in [0.2, 0.25) is 11.8 Å². The van der Waals surface area contributed by atoms with Crippen LogP contribution in [0.4, 0.5) is 4.79 Å². The van der Waals surface area contributed by atoms with Gasteiger partial charge in [0.1, 0.15) is 29.5 Å². The van der Waals surface area contributed by atoms with Crippen molar-refractivity contribution in [3.8, 4) is 5.75 Å². The first-order valence-electron chi connectivity index (χ1n) is 12.5. The zero-order valence-corrected chi connectivity index (χ0v) is 22.0. The van der Waals surface area contributed by atoms with Gasteiger partial charge >= 0.3 is 6.09 Å². The van der Waals surface area contributed by atoms with E-state index >= 15 is 0 Å². The summed E-state index contributed by atoms with van der Waals surface area (Å²) in [6.45, 7) is 8.90. The highest BCUT2D eigenvalue weighted by Crippen LogP contribution is 2.23. The summed E-state index contributed by atoms with van der Waals surface area (Å²) in [5.74, 6) is -0.775. The molecule has 0 radical (unpaired) electrons. The summed E-state index contributed by atoms with van der Waals surface area (Å²) in [7, 11) is 0. The number of ether oxygens (including phenoxy) is 2. The molecule has 0 aliphatic carbocycles. The average Bonchev–Trinajstić information content (AvgIpc) is 2.83. The molecule has 4 atom stereocenters. The summed E-state index contributed by atoms with van der Waals surface area (Å²) in [5.41, 5.74) is 0.675. The SMILES string of the molecule is CC(C)[C@@H]1Oc2ccc(cc2)[C@@H](O)CNC(=O)[C@H](Cc2ccccc2)NC(=O)[C@H]1NC(=O)OC(C)(C)C. The summed E-state index contributed by atoms with van der Waals surface area (Å²) >= 11 is 0. The highest BCUT2D eigenvalue weighted by Gasteiger charge is 2.37. The minimum absolute atomic E-state index is 0.0333. The van der Waals surface area contributed by atoms with Crippen molar-refractivity contribution in [1.29, 1.82) is 0 Å². The molecular weight excluding hydrogens is 474 g/mol. The van der Waals surface area contributed by atoms with Crippen molar-refractivity contribution in [3.05, 3.63) is 65.7 Å². The highest BCUT2D eigenvalue weighted by molar-refractivity contribution is 5.92. The Morgan fingerprint density at radius 1 is 1.08 bits per heavy atom. The van der Waals surface area contributed by atoms with E-state index in [1.807, 2.05) is 44.2 Å². The van der Waals surface area contributed by atoms with E-state index in [2.05, 4.69) is 16.0 Å². The number of aliphatic hydroxyl groups is 1. The summed E-state index contributed by atoms with van der Waals surface area (Å²) in [6.07, 6.45) is -2.28. The molecule has 37 heavy (non-hydrogen) atoms. The number of rotatable bonds is 4. The van der Waals surface area contributed by atoms with Crippen LogP contribution in [-0.4, -0.2) is 53.3 Å². The number of aliphatic hydroxyl groups excluding tert-OH is 1. The van der Waals surface area contributed by atoms with E-state index in [0.29, 0.717) is 11.3 Å². The van der Waals surface area contributed by atoms with Crippen LogP contribution in [0.5, 0.6) is 5.75 Å². The summed E-state index contributed by atoms with van der Waals surface area (Å²) in [4.78, 5) is 39.6. The molecule has 9 heteroatoms. The Labute approximate surface area is 217 Å². The number of amides is 3. The van der Waals surface area contributed by atoms with Crippen LogP contribution in [0.2, 0.25) is 0 Å². The van der Waals surface area contributed by atoms with Gasteiger partial charge in [0.25, 0.3) is 0 Å². The second-order valence-corrected chi connectivity index (χ2v) is 10.5. The van der Waals surface area contributed by atoms with Crippen LogP contribution in [-0.2, 0) is 20.7 Å². The van der Waals surface area contributed by atoms with E-state index in [1.165, 1.54) is 0 Å². The van der Waals surface area contributed by atoms with Gasteiger partial charge < -0.3 is 30.5 Å². The smallest absolute Gasteiger partial charge is 0.408 e. The molecule has 200 valence electrons. The molecular formula is C28H37N3O6. The molecule has 0 saturated heterocycles. The van der Waals surface area contributed by atoms with Crippen LogP contribution < -0.4 is 20.7 Å². The standard InChI is InChI=1S/C28H37N3O6/c1-17(2)24-23(31-27(35)37-28(3,4)5)26(34)30-21(15-18-9-7-6-8-10-18)25(33)29-16-22(32)19-11-13-20(36-24)14-12-19/h6-14,17,21-24,32H,15-16H2,1-5H3,(H,29,33)(H,30,34)(H,31,35)/t21-,22-,23-,24-/m0/s1. The maximum Gasteiger partial charge on any atom is 0.408 e. The molecule has 2 aromatic carbocycles. The normalized spacial score (nSPS) is 22.9. The fourth-order valence-corrected chi connectivity index (χ4v) is 4.00. The quantitative estimate of drug-likeness (QED) is 0.500. The Morgan fingerprint density at radius 3 is 2.32 bits per heavy atom. The van der Waals surface area contributed by atoms with E-state index in [4.69, 9.17) is 9.47 Å². The number of carbonyl (C=O) groups excluding carboxylic acids is 3. The molecule has 0 spiro atoms. The second kappa shape index (κ2) is 12.1. The van der Waals surface area contributed by atoms with Crippen molar-refractivity contribution in [2.45, 2.75) is 70.9 Å². The first-order chi connectivity index (χ1) is 17.4. The van der Waals surface area contributed by atoms with Gasteiger partial charge in [0, 0.05) is 13.0 Å². The fourth-order valence-electron chi connectivity index (χ4n) is 4.00. The summed E-state index contributed by atoms with van der Waals surface area (Å²) < 4.78 is 11.6. The van der Waals surface area contributed by atoms with Crippen LogP contribution >= 0.6 is 0 Å². The molecule has 0 fully saturated rings. The molecule has 4 rings (SSSR count). The molecule has 3 amide bonds. The Morgan fingerprint density at radius 2 is 1.73 bits per heavy atom.